The number of rotatable bonds is 7. The second-order valence-electron chi connectivity index (χ2n) is 3.49. The lowest BCUT2D eigenvalue weighted by atomic mass is 10.1. The Kier molecular flexibility index (Phi) is 6.62. The zero-order valence-electron chi connectivity index (χ0n) is 8.79. The van der Waals surface area contributed by atoms with Crippen molar-refractivity contribution in [2.75, 3.05) is 26.3 Å². The molecule has 0 aromatic rings. The maximum absolute atomic E-state index is 11.2. The average molecular weight is 215 g/mol. The first-order valence-corrected chi connectivity index (χ1v) is 4.68. The van der Waals surface area contributed by atoms with Gasteiger partial charge in [0.25, 0.3) is 0 Å². The van der Waals surface area contributed by atoms with Gasteiger partial charge in [0.2, 0.25) is 5.91 Å². The lowest BCUT2D eigenvalue weighted by Crippen LogP contribution is -2.52. The molecular formula is C9H17N3O3. The molecule has 0 unspecified atom stereocenters. The lowest BCUT2D eigenvalue weighted by molar-refractivity contribution is -0.120. The van der Waals surface area contributed by atoms with Crippen LogP contribution >= 0.6 is 0 Å². The second kappa shape index (κ2) is 7.17. The van der Waals surface area contributed by atoms with Crippen LogP contribution in [-0.4, -0.2) is 48.0 Å². The zero-order chi connectivity index (χ0) is 11.7. The van der Waals surface area contributed by atoms with Gasteiger partial charge < -0.3 is 15.5 Å². The lowest BCUT2D eigenvalue weighted by Gasteiger charge is -2.25. The van der Waals surface area contributed by atoms with Gasteiger partial charge in [-0.15, -0.1) is 0 Å². The molecular weight excluding hydrogens is 198 g/mol. The molecule has 0 aliphatic carbocycles. The fraction of sp³-hybridized carbons (Fsp3) is 0.778. The molecule has 86 valence electrons. The monoisotopic (exact) mass is 215 g/mol. The fourth-order valence-electron chi connectivity index (χ4n) is 0.776. The molecule has 0 radical (unpaired) electrons. The molecule has 15 heavy (non-hydrogen) atoms. The minimum absolute atomic E-state index is 0.00302. The largest absolute Gasteiger partial charge is 0.394 e. The Morgan fingerprint density at radius 1 is 1.47 bits per heavy atom. The molecule has 0 bridgehead atoms. The highest BCUT2D eigenvalue weighted by Crippen LogP contribution is 1.98. The van der Waals surface area contributed by atoms with Crippen LogP contribution in [0, 0.1) is 11.3 Å². The molecule has 0 aromatic heterocycles. The van der Waals surface area contributed by atoms with E-state index in [4.69, 9.17) is 15.5 Å². The average Bonchev–Trinajstić information content (AvgIpc) is 2.26. The van der Waals surface area contributed by atoms with E-state index in [0.29, 0.717) is 6.54 Å². The van der Waals surface area contributed by atoms with Crippen LogP contribution in [0.15, 0.2) is 0 Å². The van der Waals surface area contributed by atoms with E-state index in [0.717, 1.165) is 0 Å². The predicted molar refractivity (Wildman–Crippen MR) is 53.8 cm³/mol. The summed E-state index contributed by atoms with van der Waals surface area (Å²) in [5.74, 6) is -0.265. The van der Waals surface area contributed by atoms with Crippen molar-refractivity contribution in [3.63, 3.8) is 0 Å². The fourth-order valence-corrected chi connectivity index (χ4v) is 0.776. The Labute approximate surface area is 88.9 Å². The summed E-state index contributed by atoms with van der Waals surface area (Å²) in [6, 6.07) is 1.90. The number of aliphatic hydroxyl groups excluding tert-OH is 2. The van der Waals surface area contributed by atoms with E-state index in [1.54, 1.807) is 6.92 Å². The third-order valence-corrected chi connectivity index (χ3v) is 1.93. The Bertz CT molecular complexity index is 233. The zero-order valence-corrected chi connectivity index (χ0v) is 8.79. The van der Waals surface area contributed by atoms with Gasteiger partial charge in [-0.25, -0.2) is 0 Å². The Morgan fingerprint density at radius 3 is 2.53 bits per heavy atom. The molecule has 0 rings (SSSR count). The summed E-state index contributed by atoms with van der Waals surface area (Å²) in [7, 11) is 0. The van der Waals surface area contributed by atoms with Gasteiger partial charge in [-0.3, -0.25) is 10.1 Å². The molecule has 4 N–H and O–H groups in total. The minimum Gasteiger partial charge on any atom is -0.394 e. The number of amides is 1. The van der Waals surface area contributed by atoms with Crippen LogP contribution in [0.4, 0.5) is 0 Å². The molecule has 0 saturated carbocycles. The third-order valence-electron chi connectivity index (χ3n) is 1.93. The Hall–Kier alpha value is -1.16. The normalized spacial score (nSPS) is 10.8. The van der Waals surface area contributed by atoms with Gasteiger partial charge in [0.05, 0.1) is 37.8 Å². The van der Waals surface area contributed by atoms with Crippen molar-refractivity contribution in [3.05, 3.63) is 0 Å². The minimum atomic E-state index is -0.855. The first kappa shape index (κ1) is 13.8. The summed E-state index contributed by atoms with van der Waals surface area (Å²) in [6.45, 7) is 1.41. The van der Waals surface area contributed by atoms with Gasteiger partial charge in [0.15, 0.2) is 0 Å². The maximum Gasteiger partial charge on any atom is 0.234 e. The predicted octanol–water partition coefficient (Wildman–Crippen LogP) is -1.65. The number of carbonyl (C=O) groups is 1. The van der Waals surface area contributed by atoms with E-state index in [2.05, 4.69) is 10.6 Å². The standard InChI is InChI=1S/C9H17N3O3/c1-9(6-13,7-14)12-5-8(15)11-4-2-3-10/h12-14H,2,4-7H2,1H3,(H,11,15). The molecule has 1 amide bonds. The molecule has 0 aliphatic heterocycles. The molecule has 0 spiro atoms. The number of nitriles is 1. The molecule has 0 aromatic carbocycles. The van der Waals surface area contributed by atoms with E-state index in [1.807, 2.05) is 6.07 Å². The molecule has 0 aliphatic rings. The van der Waals surface area contributed by atoms with E-state index in [1.165, 1.54) is 0 Å². The third kappa shape index (κ3) is 6.01. The van der Waals surface area contributed by atoms with Crippen LogP contribution in [-0.2, 0) is 4.79 Å². The van der Waals surface area contributed by atoms with Crippen molar-refractivity contribution < 1.29 is 15.0 Å². The number of carbonyl (C=O) groups excluding carboxylic acids is 1. The molecule has 0 heterocycles. The van der Waals surface area contributed by atoms with Crippen molar-refractivity contribution in [3.8, 4) is 6.07 Å². The molecule has 0 saturated heterocycles. The van der Waals surface area contributed by atoms with Crippen molar-refractivity contribution in [2.24, 2.45) is 0 Å². The summed E-state index contributed by atoms with van der Waals surface area (Å²) in [6.07, 6.45) is 0.267. The SMILES string of the molecule is CC(CO)(CO)NCC(=O)NCCC#N. The van der Waals surface area contributed by atoms with Gasteiger partial charge in [0.1, 0.15) is 0 Å². The maximum atomic E-state index is 11.2. The highest BCUT2D eigenvalue weighted by atomic mass is 16.3. The van der Waals surface area contributed by atoms with E-state index < -0.39 is 5.54 Å². The van der Waals surface area contributed by atoms with Gasteiger partial charge in [-0.05, 0) is 6.92 Å². The van der Waals surface area contributed by atoms with Crippen molar-refractivity contribution in [1.29, 1.82) is 5.26 Å². The van der Waals surface area contributed by atoms with Crippen molar-refractivity contribution in [1.82, 2.24) is 10.6 Å². The summed E-state index contributed by atoms with van der Waals surface area (Å²) < 4.78 is 0. The number of nitrogens with zero attached hydrogens (tertiary/aromatic N) is 1. The van der Waals surface area contributed by atoms with Crippen LogP contribution in [0.25, 0.3) is 0 Å². The van der Waals surface area contributed by atoms with E-state index >= 15 is 0 Å². The summed E-state index contributed by atoms with van der Waals surface area (Å²) in [4.78, 5) is 11.2. The van der Waals surface area contributed by atoms with E-state index in [-0.39, 0.29) is 32.1 Å². The van der Waals surface area contributed by atoms with Crippen molar-refractivity contribution >= 4 is 5.91 Å². The van der Waals surface area contributed by atoms with Crippen LogP contribution in [0.5, 0.6) is 0 Å². The van der Waals surface area contributed by atoms with Gasteiger partial charge in [0, 0.05) is 6.54 Å². The first-order valence-electron chi connectivity index (χ1n) is 4.68. The van der Waals surface area contributed by atoms with Crippen LogP contribution in [0.1, 0.15) is 13.3 Å². The highest BCUT2D eigenvalue weighted by molar-refractivity contribution is 5.78. The highest BCUT2D eigenvalue weighted by Gasteiger charge is 2.22. The summed E-state index contributed by atoms with van der Waals surface area (Å²) in [5.41, 5.74) is -0.855. The molecule has 6 nitrogen and oxygen atoms in total. The number of nitrogens with one attached hydrogen (secondary N) is 2. The number of aliphatic hydroxyl groups is 2. The van der Waals surface area contributed by atoms with Crippen molar-refractivity contribution in [2.45, 2.75) is 18.9 Å². The number of hydrogen-bond acceptors (Lipinski definition) is 5. The topological polar surface area (TPSA) is 105 Å². The van der Waals surface area contributed by atoms with Gasteiger partial charge in [-0.1, -0.05) is 0 Å². The second-order valence-corrected chi connectivity index (χ2v) is 3.49. The van der Waals surface area contributed by atoms with Gasteiger partial charge in [-0.2, -0.15) is 5.26 Å². The molecule has 6 heteroatoms. The van der Waals surface area contributed by atoms with Crippen LogP contribution in [0.2, 0.25) is 0 Å². The Balaban J connectivity index is 3.75. The Morgan fingerprint density at radius 2 is 2.07 bits per heavy atom. The van der Waals surface area contributed by atoms with Gasteiger partial charge >= 0.3 is 0 Å². The summed E-state index contributed by atoms with van der Waals surface area (Å²) >= 11 is 0. The number of hydrogen-bond donors (Lipinski definition) is 4. The molecule has 0 fully saturated rings. The quantitative estimate of drug-likeness (QED) is 0.381. The smallest absolute Gasteiger partial charge is 0.234 e. The molecule has 0 atom stereocenters. The summed E-state index contributed by atoms with van der Waals surface area (Å²) in [5, 5.41) is 31.3. The van der Waals surface area contributed by atoms with Crippen LogP contribution < -0.4 is 10.6 Å². The first-order chi connectivity index (χ1) is 7.08. The van der Waals surface area contributed by atoms with Crippen LogP contribution in [0.3, 0.4) is 0 Å². The van der Waals surface area contributed by atoms with E-state index in [9.17, 15) is 4.79 Å².